The molecule has 0 aliphatic rings. The van der Waals surface area contributed by atoms with Crippen molar-refractivity contribution in [2.45, 2.75) is 19.3 Å². The molecule has 1 N–H and O–H groups in total. The number of H-pyrrole nitrogens is 1. The smallest absolute Gasteiger partial charge is 0.345 e. The zero-order chi connectivity index (χ0) is 9.68. The molecule has 0 fully saturated rings. The minimum absolute atomic E-state index is 0.0779. The Labute approximate surface area is 74.1 Å². The largest absolute Gasteiger partial charge is 0.358 e. The van der Waals surface area contributed by atoms with Gasteiger partial charge >= 0.3 is 5.82 Å². The summed E-state index contributed by atoms with van der Waals surface area (Å²) in [6.45, 7) is 0. The summed E-state index contributed by atoms with van der Waals surface area (Å²) in [5.74, 6) is -0.0779. The molecule has 0 spiro atoms. The first-order valence-electron chi connectivity index (χ1n) is 3.86. The van der Waals surface area contributed by atoms with E-state index in [0.29, 0.717) is 24.8 Å². The SMILES string of the molecule is O=CCCCc1cn[nH]c1[N+](=O)[O-]. The highest BCUT2D eigenvalue weighted by Crippen LogP contribution is 2.15. The number of nitrogens with one attached hydrogen (secondary N) is 1. The Hall–Kier alpha value is -1.72. The normalized spacial score (nSPS) is 9.85. The second kappa shape index (κ2) is 4.34. The molecule has 70 valence electrons. The third-order valence-corrected chi connectivity index (χ3v) is 1.65. The molecule has 0 amide bonds. The average molecular weight is 183 g/mol. The maximum Gasteiger partial charge on any atom is 0.345 e. The topological polar surface area (TPSA) is 88.9 Å². The molecule has 0 aliphatic heterocycles. The number of carbonyl (C=O) groups is 1. The van der Waals surface area contributed by atoms with Gasteiger partial charge in [0.2, 0.25) is 0 Å². The fourth-order valence-corrected chi connectivity index (χ4v) is 1.02. The van der Waals surface area contributed by atoms with Crippen molar-refractivity contribution in [2.24, 2.45) is 0 Å². The van der Waals surface area contributed by atoms with Crippen LogP contribution in [0.5, 0.6) is 0 Å². The molecule has 13 heavy (non-hydrogen) atoms. The average Bonchev–Trinajstić information content (AvgIpc) is 2.53. The number of nitro groups is 1. The lowest BCUT2D eigenvalue weighted by molar-refractivity contribution is -0.390. The first-order valence-corrected chi connectivity index (χ1v) is 3.86. The summed E-state index contributed by atoms with van der Waals surface area (Å²) < 4.78 is 0. The molecule has 0 unspecified atom stereocenters. The third kappa shape index (κ3) is 2.36. The highest BCUT2D eigenvalue weighted by atomic mass is 16.6. The molecule has 0 aromatic carbocycles. The van der Waals surface area contributed by atoms with Crippen LogP contribution >= 0.6 is 0 Å². The van der Waals surface area contributed by atoms with Crippen LogP contribution in [0.2, 0.25) is 0 Å². The number of aldehydes is 1. The second-order valence-corrected chi connectivity index (χ2v) is 2.56. The number of aromatic amines is 1. The van der Waals surface area contributed by atoms with Crippen molar-refractivity contribution in [3.05, 3.63) is 21.9 Å². The lowest BCUT2D eigenvalue weighted by Gasteiger charge is -1.94. The van der Waals surface area contributed by atoms with Gasteiger partial charge in [0.15, 0.2) is 0 Å². The molecule has 0 aliphatic carbocycles. The fraction of sp³-hybridized carbons (Fsp3) is 0.429. The first kappa shape index (κ1) is 9.37. The van der Waals surface area contributed by atoms with Gasteiger partial charge in [-0.2, -0.15) is 0 Å². The van der Waals surface area contributed by atoms with Crippen molar-refractivity contribution in [3.63, 3.8) is 0 Å². The number of carbonyl (C=O) groups excluding carboxylic acids is 1. The van der Waals surface area contributed by atoms with Crippen LogP contribution in [0.25, 0.3) is 0 Å². The number of nitrogens with zero attached hydrogens (tertiary/aromatic N) is 2. The van der Waals surface area contributed by atoms with E-state index in [-0.39, 0.29) is 5.82 Å². The Kier molecular flexibility index (Phi) is 3.13. The minimum atomic E-state index is -0.511. The summed E-state index contributed by atoms with van der Waals surface area (Å²) >= 11 is 0. The van der Waals surface area contributed by atoms with Gasteiger partial charge in [0.05, 0.1) is 11.8 Å². The quantitative estimate of drug-likeness (QED) is 0.317. The summed E-state index contributed by atoms with van der Waals surface area (Å²) in [5.41, 5.74) is 0.548. The van der Waals surface area contributed by atoms with E-state index >= 15 is 0 Å². The van der Waals surface area contributed by atoms with Gasteiger partial charge in [0, 0.05) is 6.42 Å². The summed E-state index contributed by atoms with van der Waals surface area (Å²) in [5, 5.41) is 16.2. The van der Waals surface area contributed by atoms with E-state index in [9.17, 15) is 14.9 Å². The van der Waals surface area contributed by atoms with Gasteiger partial charge in [0.1, 0.15) is 6.29 Å². The molecule has 1 heterocycles. The molecule has 0 saturated carbocycles. The van der Waals surface area contributed by atoms with Crippen molar-refractivity contribution in [3.8, 4) is 0 Å². The monoisotopic (exact) mass is 183 g/mol. The fourth-order valence-electron chi connectivity index (χ4n) is 1.02. The van der Waals surface area contributed by atoms with E-state index in [2.05, 4.69) is 10.2 Å². The van der Waals surface area contributed by atoms with Crippen molar-refractivity contribution in [1.29, 1.82) is 0 Å². The summed E-state index contributed by atoms with van der Waals surface area (Å²) in [7, 11) is 0. The standard InChI is InChI=1S/C7H9N3O3/c11-4-2-1-3-6-5-8-9-7(6)10(12)13/h4-5H,1-3H2,(H,8,9). The van der Waals surface area contributed by atoms with E-state index in [0.717, 1.165) is 6.29 Å². The summed E-state index contributed by atoms with van der Waals surface area (Å²) in [6.07, 6.45) is 3.76. The van der Waals surface area contributed by atoms with Crippen LogP contribution in [0, 0.1) is 10.1 Å². The van der Waals surface area contributed by atoms with Gasteiger partial charge in [-0.15, -0.1) is 5.10 Å². The maximum atomic E-state index is 10.4. The molecule has 6 heteroatoms. The third-order valence-electron chi connectivity index (χ3n) is 1.65. The number of hydrogen-bond acceptors (Lipinski definition) is 4. The van der Waals surface area contributed by atoms with Crippen molar-refractivity contribution < 1.29 is 9.72 Å². The second-order valence-electron chi connectivity index (χ2n) is 2.56. The van der Waals surface area contributed by atoms with Crippen molar-refractivity contribution >= 4 is 12.1 Å². The Balaban J connectivity index is 2.60. The predicted molar refractivity (Wildman–Crippen MR) is 44.2 cm³/mol. The molecular weight excluding hydrogens is 174 g/mol. The molecule has 0 saturated heterocycles. The van der Waals surface area contributed by atoms with Crippen LogP contribution in [0.4, 0.5) is 5.82 Å². The lowest BCUT2D eigenvalue weighted by Crippen LogP contribution is -1.93. The Morgan fingerprint density at radius 2 is 2.46 bits per heavy atom. The molecule has 0 bridgehead atoms. The maximum absolute atomic E-state index is 10.4. The molecule has 1 rings (SSSR count). The number of aryl methyl sites for hydroxylation is 1. The zero-order valence-electron chi connectivity index (χ0n) is 6.90. The number of unbranched alkanes of at least 4 members (excludes halogenated alkanes) is 1. The first-order chi connectivity index (χ1) is 6.25. The Morgan fingerprint density at radius 1 is 1.69 bits per heavy atom. The predicted octanol–water partition coefficient (Wildman–Crippen LogP) is 0.839. The van der Waals surface area contributed by atoms with Gasteiger partial charge in [-0.3, -0.25) is 0 Å². The van der Waals surface area contributed by atoms with E-state index in [1.54, 1.807) is 0 Å². The van der Waals surface area contributed by atoms with Crippen LogP contribution in [0.3, 0.4) is 0 Å². The molecule has 0 atom stereocenters. The van der Waals surface area contributed by atoms with Crippen LogP contribution in [-0.2, 0) is 11.2 Å². The van der Waals surface area contributed by atoms with Crippen molar-refractivity contribution in [1.82, 2.24) is 10.2 Å². The minimum Gasteiger partial charge on any atom is -0.358 e. The van der Waals surface area contributed by atoms with Crippen LogP contribution in [0.1, 0.15) is 18.4 Å². The Morgan fingerprint density at radius 3 is 3.08 bits per heavy atom. The van der Waals surface area contributed by atoms with Gasteiger partial charge in [-0.1, -0.05) is 5.10 Å². The van der Waals surface area contributed by atoms with Crippen LogP contribution < -0.4 is 0 Å². The van der Waals surface area contributed by atoms with Gasteiger partial charge in [-0.05, 0) is 17.8 Å². The van der Waals surface area contributed by atoms with E-state index in [1.165, 1.54) is 6.20 Å². The van der Waals surface area contributed by atoms with Crippen LogP contribution in [0.15, 0.2) is 6.20 Å². The zero-order valence-corrected chi connectivity index (χ0v) is 6.90. The van der Waals surface area contributed by atoms with E-state index in [1.807, 2.05) is 0 Å². The molecule has 1 aromatic rings. The van der Waals surface area contributed by atoms with E-state index < -0.39 is 4.92 Å². The van der Waals surface area contributed by atoms with Gasteiger partial charge in [0.25, 0.3) is 0 Å². The van der Waals surface area contributed by atoms with Gasteiger partial charge in [-0.25, -0.2) is 0 Å². The highest BCUT2D eigenvalue weighted by Gasteiger charge is 2.13. The summed E-state index contributed by atoms with van der Waals surface area (Å²) in [4.78, 5) is 19.9. The number of rotatable bonds is 5. The van der Waals surface area contributed by atoms with Crippen LogP contribution in [-0.4, -0.2) is 21.4 Å². The van der Waals surface area contributed by atoms with Gasteiger partial charge < -0.3 is 14.9 Å². The van der Waals surface area contributed by atoms with Crippen molar-refractivity contribution in [2.75, 3.05) is 0 Å². The Bertz CT molecular complexity index is 308. The molecule has 1 aromatic heterocycles. The molecular formula is C7H9N3O3. The summed E-state index contributed by atoms with van der Waals surface area (Å²) in [6, 6.07) is 0. The number of hydrogen-bond donors (Lipinski definition) is 1. The number of aromatic nitrogens is 2. The molecule has 0 radical (unpaired) electrons. The lowest BCUT2D eigenvalue weighted by atomic mass is 10.1. The highest BCUT2D eigenvalue weighted by molar-refractivity contribution is 5.49. The van der Waals surface area contributed by atoms with E-state index in [4.69, 9.17) is 0 Å². The molecule has 6 nitrogen and oxygen atoms in total.